The molecule has 0 aliphatic heterocycles. The SMILES string of the molecule is COc1ccc(/C=C/C(=O)Nc2cccc(OC3CCCC3)c2)cc1OC. The molecule has 3 rings (SSSR count). The van der Waals surface area contributed by atoms with E-state index in [1.54, 1.807) is 26.4 Å². The molecule has 1 fully saturated rings. The van der Waals surface area contributed by atoms with Crippen molar-refractivity contribution in [3.63, 3.8) is 0 Å². The van der Waals surface area contributed by atoms with Gasteiger partial charge in [0, 0.05) is 17.8 Å². The molecule has 142 valence electrons. The largest absolute Gasteiger partial charge is 0.493 e. The topological polar surface area (TPSA) is 56.8 Å². The highest BCUT2D eigenvalue weighted by Crippen LogP contribution is 2.28. The van der Waals surface area contributed by atoms with Crippen LogP contribution in [-0.2, 0) is 4.79 Å². The quantitative estimate of drug-likeness (QED) is 0.722. The molecule has 1 amide bonds. The fourth-order valence-corrected chi connectivity index (χ4v) is 3.16. The second kappa shape index (κ2) is 9.12. The van der Waals surface area contributed by atoms with Gasteiger partial charge >= 0.3 is 0 Å². The third-order valence-electron chi connectivity index (χ3n) is 4.54. The molecule has 1 aliphatic rings. The zero-order valence-electron chi connectivity index (χ0n) is 15.7. The van der Waals surface area contributed by atoms with Crippen molar-refractivity contribution in [3.8, 4) is 17.2 Å². The van der Waals surface area contributed by atoms with Crippen LogP contribution in [0.3, 0.4) is 0 Å². The molecule has 0 radical (unpaired) electrons. The summed E-state index contributed by atoms with van der Waals surface area (Å²) < 4.78 is 16.5. The lowest BCUT2D eigenvalue weighted by molar-refractivity contribution is -0.111. The van der Waals surface area contributed by atoms with Gasteiger partial charge in [0.25, 0.3) is 0 Å². The van der Waals surface area contributed by atoms with E-state index < -0.39 is 0 Å². The first-order chi connectivity index (χ1) is 13.2. The third-order valence-corrected chi connectivity index (χ3v) is 4.54. The molecule has 0 aromatic heterocycles. The first-order valence-corrected chi connectivity index (χ1v) is 9.16. The van der Waals surface area contributed by atoms with Gasteiger partial charge in [-0.05, 0) is 61.6 Å². The lowest BCUT2D eigenvalue weighted by Gasteiger charge is -2.13. The first-order valence-electron chi connectivity index (χ1n) is 9.16. The van der Waals surface area contributed by atoms with Gasteiger partial charge in [-0.3, -0.25) is 4.79 Å². The van der Waals surface area contributed by atoms with Crippen molar-refractivity contribution in [2.24, 2.45) is 0 Å². The number of benzene rings is 2. The van der Waals surface area contributed by atoms with Crippen LogP contribution < -0.4 is 19.5 Å². The molecule has 0 atom stereocenters. The minimum Gasteiger partial charge on any atom is -0.493 e. The van der Waals surface area contributed by atoms with E-state index in [1.165, 1.54) is 18.9 Å². The summed E-state index contributed by atoms with van der Waals surface area (Å²) in [5.74, 6) is 1.86. The molecular weight excluding hydrogens is 342 g/mol. The van der Waals surface area contributed by atoms with Crippen molar-refractivity contribution in [1.29, 1.82) is 0 Å². The Morgan fingerprint density at radius 2 is 1.81 bits per heavy atom. The first kappa shape index (κ1) is 18.8. The van der Waals surface area contributed by atoms with Gasteiger partial charge < -0.3 is 19.5 Å². The number of rotatable bonds is 7. The summed E-state index contributed by atoms with van der Waals surface area (Å²) in [5, 5.41) is 2.87. The van der Waals surface area contributed by atoms with Crippen LogP contribution in [0.25, 0.3) is 6.08 Å². The number of hydrogen-bond donors (Lipinski definition) is 1. The smallest absolute Gasteiger partial charge is 0.248 e. The highest BCUT2D eigenvalue weighted by atomic mass is 16.5. The number of nitrogens with one attached hydrogen (secondary N) is 1. The second-order valence-electron chi connectivity index (χ2n) is 6.49. The standard InChI is InChI=1S/C22H25NO4/c1-25-20-12-10-16(14-21(20)26-2)11-13-22(24)23-17-6-5-9-19(15-17)27-18-7-3-4-8-18/h5-6,9-15,18H,3-4,7-8H2,1-2H3,(H,23,24)/b13-11+. The number of hydrogen-bond acceptors (Lipinski definition) is 4. The maximum absolute atomic E-state index is 12.2. The summed E-state index contributed by atoms with van der Waals surface area (Å²) in [6, 6.07) is 13.0. The van der Waals surface area contributed by atoms with Crippen molar-refractivity contribution < 1.29 is 19.0 Å². The van der Waals surface area contributed by atoms with Crippen LogP contribution in [0.1, 0.15) is 31.2 Å². The summed E-state index contributed by atoms with van der Waals surface area (Å²) in [6.45, 7) is 0. The molecule has 5 nitrogen and oxygen atoms in total. The molecule has 5 heteroatoms. The van der Waals surface area contributed by atoms with Gasteiger partial charge in [0.2, 0.25) is 5.91 Å². The summed E-state index contributed by atoms with van der Waals surface area (Å²) in [7, 11) is 3.17. The molecule has 0 spiro atoms. The van der Waals surface area contributed by atoms with E-state index in [0.717, 1.165) is 24.2 Å². The average molecular weight is 367 g/mol. The van der Waals surface area contributed by atoms with E-state index in [2.05, 4.69) is 5.32 Å². The Kier molecular flexibility index (Phi) is 6.36. The Labute approximate surface area is 159 Å². The summed E-state index contributed by atoms with van der Waals surface area (Å²) in [4.78, 5) is 12.2. The van der Waals surface area contributed by atoms with E-state index in [-0.39, 0.29) is 5.91 Å². The van der Waals surface area contributed by atoms with Gasteiger partial charge in [0.15, 0.2) is 11.5 Å². The number of carbonyl (C=O) groups excluding carboxylic acids is 1. The van der Waals surface area contributed by atoms with Crippen LogP contribution in [0.5, 0.6) is 17.2 Å². The van der Waals surface area contributed by atoms with E-state index in [0.29, 0.717) is 23.3 Å². The van der Waals surface area contributed by atoms with E-state index >= 15 is 0 Å². The molecule has 0 heterocycles. The zero-order chi connectivity index (χ0) is 19.1. The van der Waals surface area contributed by atoms with Crippen LogP contribution in [0.4, 0.5) is 5.69 Å². The number of amides is 1. The fourth-order valence-electron chi connectivity index (χ4n) is 3.16. The predicted molar refractivity (Wildman–Crippen MR) is 107 cm³/mol. The molecule has 0 saturated heterocycles. The highest BCUT2D eigenvalue weighted by Gasteiger charge is 2.16. The summed E-state index contributed by atoms with van der Waals surface area (Å²) in [5.41, 5.74) is 1.56. The molecule has 27 heavy (non-hydrogen) atoms. The zero-order valence-corrected chi connectivity index (χ0v) is 15.7. The number of ether oxygens (including phenoxy) is 3. The predicted octanol–water partition coefficient (Wildman–Crippen LogP) is 4.68. The minimum atomic E-state index is -0.206. The fraction of sp³-hybridized carbons (Fsp3) is 0.318. The van der Waals surface area contributed by atoms with Gasteiger partial charge in [0.1, 0.15) is 5.75 Å². The van der Waals surface area contributed by atoms with E-state index in [4.69, 9.17) is 14.2 Å². The lowest BCUT2D eigenvalue weighted by Crippen LogP contribution is -2.11. The molecular formula is C22H25NO4. The van der Waals surface area contributed by atoms with Crippen LogP contribution in [0.15, 0.2) is 48.5 Å². The Morgan fingerprint density at radius 3 is 2.56 bits per heavy atom. The lowest BCUT2D eigenvalue weighted by atomic mass is 10.2. The molecule has 0 unspecified atom stereocenters. The molecule has 1 saturated carbocycles. The van der Waals surface area contributed by atoms with Gasteiger partial charge in [-0.25, -0.2) is 0 Å². The maximum Gasteiger partial charge on any atom is 0.248 e. The molecule has 1 N–H and O–H groups in total. The van der Waals surface area contributed by atoms with Crippen molar-refractivity contribution in [2.75, 3.05) is 19.5 Å². The Hall–Kier alpha value is -2.95. The Balaban J connectivity index is 1.61. The second-order valence-corrected chi connectivity index (χ2v) is 6.49. The molecule has 2 aromatic carbocycles. The molecule has 2 aromatic rings. The summed E-state index contributed by atoms with van der Waals surface area (Å²) in [6.07, 6.45) is 8.17. The van der Waals surface area contributed by atoms with Crippen molar-refractivity contribution in [1.82, 2.24) is 0 Å². The average Bonchev–Trinajstić information content (AvgIpc) is 3.19. The van der Waals surface area contributed by atoms with Crippen LogP contribution in [0.2, 0.25) is 0 Å². The molecule has 1 aliphatic carbocycles. The normalized spacial score (nSPS) is 14.3. The Bertz CT molecular complexity index is 810. The number of methoxy groups -OCH3 is 2. The van der Waals surface area contributed by atoms with Crippen LogP contribution >= 0.6 is 0 Å². The van der Waals surface area contributed by atoms with Crippen molar-refractivity contribution in [3.05, 3.63) is 54.1 Å². The van der Waals surface area contributed by atoms with Gasteiger partial charge in [-0.2, -0.15) is 0 Å². The number of carbonyl (C=O) groups is 1. The Morgan fingerprint density at radius 1 is 1.04 bits per heavy atom. The van der Waals surface area contributed by atoms with Gasteiger partial charge in [-0.15, -0.1) is 0 Å². The number of anilines is 1. The van der Waals surface area contributed by atoms with Crippen LogP contribution in [0, 0.1) is 0 Å². The van der Waals surface area contributed by atoms with Gasteiger partial charge in [-0.1, -0.05) is 12.1 Å². The van der Waals surface area contributed by atoms with Gasteiger partial charge in [0.05, 0.1) is 20.3 Å². The van der Waals surface area contributed by atoms with Crippen LogP contribution in [-0.4, -0.2) is 26.2 Å². The maximum atomic E-state index is 12.2. The van der Waals surface area contributed by atoms with Crippen molar-refractivity contribution >= 4 is 17.7 Å². The van der Waals surface area contributed by atoms with Crippen molar-refractivity contribution in [2.45, 2.75) is 31.8 Å². The summed E-state index contributed by atoms with van der Waals surface area (Å²) >= 11 is 0. The van der Waals surface area contributed by atoms with E-state index in [9.17, 15) is 4.79 Å². The molecule has 0 bridgehead atoms. The van der Waals surface area contributed by atoms with E-state index in [1.807, 2.05) is 36.4 Å². The monoisotopic (exact) mass is 367 g/mol. The third kappa shape index (κ3) is 5.26. The highest BCUT2D eigenvalue weighted by molar-refractivity contribution is 6.02. The minimum absolute atomic E-state index is 0.206.